The van der Waals surface area contributed by atoms with Gasteiger partial charge in [-0.3, -0.25) is 9.78 Å². The summed E-state index contributed by atoms with van der Waals surface area (Å²) >= 11 is 0. The fourth-order valence-electron chi connectivity index (χ4n) is 4.06. The Morgan fingerprint density at radius 1 is 1.17 bits per heavy atom. The van der Waals surface area contributed by atoms with Crippen LogP contribution in [0.2, 0.25) is 0 Å². The average molecular weight is 409 g/mol. The van der Waals surface area contributed by atoms with Crippen molar-refractivity contribution in [2.45, 2.75) is 31.7 Å². The van der Waals surface area contributed by atoms with Gasteiger partial charge in [0, 0.05) is 55.8 Å². The summed E-state index contributed by atoms with van der Waals surface area (Å²) in [6.07, 6.45) is 7.53. The number of imidazole rings is 1. The number of carbonyl (C=O) groups excluding carboxylic acids is 1. The number of rotatable bonds is 6. The van der Waals surface area contributed by atoms with Crippen LogP contribution >= 0.6 is 0 Å². The average Bonchev–Trinajstić information content (AvgIpc) is 3.30. The van der Waals surface area contributed by atoms with Crippen molar-refractivity contribution >= 4 is 22.5 Å². The highest BCUT2D eigenvalue weighted by molar-refractivity contribution is 5.86. The van der Waals surface area contributed by atoms with Crippen molar-refractivity contribution in [2.24, 2.45) is 0 Å². The highest BCUT2D eigenvalue weighted by Crippen LogP contribution is 2.36. The first-order chi connectivity index (χ1) is 14.6. The van der Waals surface area contributed by atoms with Gasteiger partial charge in [-0.1, -0.05) is 0 Å². The van der Waals surface area contributed by atoms with Crippen LogP contribution < -0.4 is 15.2 Å². The first kappa shape index (κ1) is 20.0. The van der Waals surface area contributed by atoms with E-state index in [1.807, 2.05) is 33.9 Å². The Bertz CT molecular complexity index is 1030. The number of nitrogens with zero attached hydrogens (tertiary/aromatic N) is 4. The van der Waals surface area contributed by atoms with E-state index in [0.29, 0.717) is 30.2 Å². The third-order valence-electron chi connectivity index (χ3n) is 5.76. The number of aryl methyl sites for hydroxylation is 1. The number of pyridine rings is 1. The fourth-order valence-corrected chi connectivity index (χ4v) is 4.06. The summed E-state index contributed by atoms with van der Waals surface area (Å²) in [6, 6.07) is 5.72. The third kappa shape index (κ3) is 4.03. The first-order valence-corrected chi connectivity index (χ1v) is 10.1. The van der Waals surface area contributed by atoms with E-state index >= 15 is 0 Å². The predicted octanol–water partition coefficient (Wildman–Crippen LogP) is 2.83. The van der Waals surface area contributed by atoms with Gasteiger partial charge in [-0.05, 0) is 25.0 Å². The van der Waals surface area contributed by atoms with Crippen molar-refractivity contribution < 1.29 is 14.3 Å². The number of carbonyl (C=O) groups is 1. The van der Waals surface area contributed by atoms with Gasteiger partial charge in [0.15, 0.2) is 11.5 Å². The van der Waals surface area contributed by atoms with Crippen molar-refractivity contribution in [1.29, 1.82) is 0 Å². The number of ether oxygens (including phenoxy) is 2. The van der Waals surface area contributed by atoms with Crippen molar-refractivity contribution in [3.05, 3.63) is 42.6 Å². The molecule has 0 saturated carbocycles. The number of hydrogen-bond acceptors (Lipinski definition) is 6. The van der Waals surface area contributed by atoms with Gasteiger partial charge in [-0.15, -0.1) is 0 Å². The van der Waals surface area contributed by atoms with Crippen LogP contribution in [0.25, 0.3) is 10.9 Å². The van der Waals surface area contributed by atoms with Gasteiger partial charge in [0.2, 0.25) is 5.91 Å². The van der Waals surface area contributed by atoms with E-state index in [9.17, 15) is 4.79 Å². The van der Waals surface area contributed by atoms with Crippen LogP contribution in [-0.2, 0) is 11.3 Å². The lowest BCUT2D eigenvalue weighted by molar-refractivity contribution is -0.132. The minimum atomic E-state index is 0.179. The molecule has 1 aliphatic rings. The first-order valence-electron chi connectivity index (χ1n) is 10.1. The van der Waals surface area contributed by atoms with Crippen LogP contribution in [0.3, 0.4) is 0 Å². The van der Waals surface area contributed by atoms with Gasteiger partial charge in [-0.2, -0.15) is 0 Å². The molecule has 30 heavy (non-hydrogen) atoms. The Hall–Kier alpha value is -3.29. The molecule has 1 saturated heterocycles. The molecule has 8 heteroatoms. The van der Waals surface area contributed by atoms with E-state index < -0.39 is 0 Å². The molecule has 8 nitrogen and oxygen atoms in total. The maximum absolute atomic E-state index is 12.5. The minimum Gasteiger partial charge on any atom is -0.493 e. The third-order valence-corrected chi connectivity index (χ3v) is 5.76. The van der Waals surface area contributed by atoms with Gasteiger partial charge in [0.1, 0.15) is 0 Å². The second-order valence-corrected chi connectivity index (χ2v) is 7.57. The number of benzene rings is 1. The van der Waals surface area contributed by atoms with Crippen LogP contribution in [0.4, 0.5) is 5.69 Å². The molecule has 1 aliphatic heterocycles. The maximum Gasteiger partial charge on any atom is 0.224 e. The molecule has 1 fully saturated rings. The monoisotopic (exact) mass is 409 g/mol. The SMILES string of the molecule is COc1cc2cc(N)c(C3CCN(C(=O)CCn4ccnc4)CC3)nc2cc1OC. The lowest BCUT2D eigenvalue weighted by Gasteiger charge is -2.32. The number of aromatic nitrogens is 3. The number of hydrogen-bond donors (Lipinski definition) is 1. The minimum absolute atomic E-state index is 0.179. The molecule has 0 bridgehead atoms. The van der Waals surface area contributed by atoms with Crippen LogP contribution in [0.15, 0.2) is 36.9 Å². The number of fused-ring (bicyclic) bond motifs is 1. The van der Waals surface area contributed by atoms with E-state index in [-0.39, 0.29) is 11.8 Å². The van der Waals surface area contributed by atoms with E-state index in [2.05, 4.69) is 4.98 Å². The van der Waals surface area contributed by atoms with E-state index in [0.717, 1.165) is 42.5 Å². The van der Waals surface area contributed by atoms with Crippen molar-refractivity contribution in [1.82, 2.24) is 19.4 Å². The molecule has 0 unspecified atom stereocenters. The number of piperidine rings is 1. The van der Waals surface area contributed by atoms with Gasteiger partial charge in [-0.25, -0.2) is 4.98 Å². The molecule has 0 radical (unpaired) electrons. The summed E-state index contributed by atoms with van der Waals surface area (Å²) in [5.41, 5.74) is 8.76. The lowest BCUT2D eigenvalue weighted by atomic mass is 9.91. The summed E-state index contributed by atoms with van der Waals surface area (Å²) in [5, 5.41) is 0.918. The number of nitrogen functional groups attached to an aromatic ring is 1. The molecular formula is C22H27N5O3. The molecule has 158 valence electrons. The number of amides is 1. The van der Waals surface area contributed by atoms with Crippen molar-refractivity contribution in [3.8, 4) is 11.5 Å². The smallest absolute Gasteiger partial charge is 0.224 e. The molecule has 2 N–H and O–H groups in total. The molecule has 3 heterocycles. The molecule has 1 amide bonds. The zero-order valence-electron chi connectivity index (χ0n) is 17.4. The molecular weight excluding hydrogens is 382 g/mol. The fraction of sp³-hybridized carbons (Fsp3) is 0.409. The number of nitrogens with two attached hydrogens (primary N) is 1. The highest BCUT2D eigenvalue weighted by atomic mass is 16.5. The van der Waals surface area contributed by atoms with E-state index in [1.165, 1.54) is 0 Å². The van der Waals surface area contributed by atoms with Crippen LogP contribution in [0, 0.1) is 0 Å². The summed E-state index contributed by atoms with van der Waals surface area (Å²) in [5.74, 6) is 1.71. The Morgan fingerprint density at radius 2 is 1.90 bits per heavy atom. The quantitative estimate of drug-likeness (QED) is 0.673. The molecule has 0 atom stereocenters. The van der Waals surface area contributed by atoms with Gasteiger partial charge in [0.05, 0.1) is 37.4 Å². The predicted molar refractivity (Wildman–Crippen MR) is 115 cm³/mol. The second-order valence-electron chi connectivity index (χ2n) is 7.57. The number of methoxy groups -OCH3 is 2. The number of anilines is 1. The Morgan fingerprint density at radius 3 is 2.57 bits per heavy atom. The summed E-state index contributed by atoms with van der Waals surface area (Å²) in [4.78, 5) is 23.3. The zero-order valence-corrected chi connectivity index (χ0v) is 17.4. The second kappa shape index (κ2) is 8.61. The van der Waals surface area contributed by atoms with Gasteiger partial charge >= 0.3 is 0 Å². The maximum atomic E-state index is 12.5. The Balaban J connectivity index is 1.44. The molecule has 0 aliphatic carbocycles. The Kier molecular flexibility index (Phi) is 5.74. The molecule has 3 aromatic rings. The Labute approximate surface area is 175 Å². The van der Waals surface area contributed by atoms with Crippen LogP contribution in [0.1, 0.15) is 30.9 Å². The summed E-state index contributed by atoms with van der Waals surface area (Å²) < 4.78 is 12.7. The highest BCUT2D eigenvalue weighted by Gasteiger charge is 2.26. The van der Waals surface area contributed by atoms with E-state index in [1.54, 1.807) is 26.7 Å². The molecule has 0 spiro atoms. The van der Waals surface area contributed by atoms with Crippen molar-refractivity contribution in [3.63, 3.8) is 0 Å². The standard InChI is InChI=1S/C22H27N5O3/c1-29-19-12-16-11-17(23)22(25-18(16)13-20(19)30-2)15-3-8-27(9-4-15)21(28)5-7-26-10-6-24-14-26/h6,10-15H,3-5,7-9,23H2,1-2H3. The summed E-state index contributed by atoms with van der Waals surface area (Å²) in [6.45, 7) is 2.10. The van der Waals surface area contributed by atoms with Crippen LogP contribution in [0.5, 0.6) is 11.5 Å². The molecule has 2 aromatic heterocycles. The van der Waals surface area contributed by atoms with Gasteiger partial charge in [0.25, 0.3) is 0 Å². The molecule has 1 aromatic carbocycles. The van der Waals surface area contributed by atoms with Gasteiger partial charge < -0.3 is 24.7 Å². The van der Waals surface area contributed by atoms with Crippen LogP contribution in [-0.4, -0.2) is 52.7 Å². The molecule has 4 rings (SSSR count). The number of likely N-dealkylation sites (tertiary alicyclic amines) is 1. The lowest BCUT2D eigenvalue weighted by Crippen LogP contribution is -2.38. The normalized spacial score (nSPS) is 14.8. The summed E-state index contributed by atoms with van der Waals surface area (Å²) in [7, 11) is 3.22. The van der Waals surface area contributed by atoms with E-state index in [4.69, 9.17) is 20.2 Å². The zero-order chi connectivity index (χ0) is 21.1. The van der Waals surface area contributed by atoms with Crippen molar-refractivity contribution in [2.75, 3.05) is 33.0 Å². The topological polar surface area (TPSA) is 95.5 Å². The largest absolute Gasteiger partial charge is 0.493 e.